The topological polar surface area (TPSA) is 66.5 Å². The van der Waals surface area contributed by atoms with Gasteiger partial charge in [0.15, 0.2) is 11.5 Å². The Labute approximate surface area is 110 Å². The fourth-order valence-electron chi connectivity index (χ4n) is 2.66. The molecule has 0 amide bonds. The number of imidazole rings is 1. The number of H-pyrrole nitrogens is 1. The second-order valence-corrected chi connectivity index (χ2v) is 5.45. The van der Waals surface area contributed by atoms with E-state index in [1.165, 1.54) is 12.8 Å². The van der Waals surface area contributed by atoms with Gasteiger partial charge in [-0.3, -0.25) is 0 Å². The molecule has 1 saturated carbocycles. The smallest absolute Gasteiger partial charge is 0.226 e. The molecule has 2 N–H and O–H groups in total. The van der Waals surface area contributed by atoms with Gasteiger partial charge in [-0.1, -0.05) is 13.8 Å². The van der Waals surface area contributed by atoms with Crippen LogP contribution in [0.4, 0.5) is 5.82 Å². The average molecular weight is 266 g/mol. The Morgan fingerprint density at radius 2 is 2.17 bits per heavy atom. The normalized spacial score (nSPS) is 27.8. The summed E-state index contributed by atoms with van der Waals surface area (Å²) in [6, 6.07) is 0.442. The first-order chi connectivity index (χ1) is 8.65. The number of nitrogens with one attached hydrogen (secondary N) is 2. The van der Waals surface area contributed by atoms with Crippen LogP contribution < -0.4 is 5.32 Å². The van der Waals surface area contributed by atoms with Crippen LogP contribution in [0.5, 0.6) is 0 Å². The van der Waals surface area contributed by atoms with Crippen LogP contribution in [0.1, 0.15) is 26.7 Å². The highest BCUT2D eigenvalue weighted by atomic mass is 35.5. The van der Waals surface area contributed by atoms with Crippen LogP contribution in [-0.2, 0) is 0 Å². The molecule has 0 spiro atoms. The molecular weight excluding hydrogens is 250 g/mol. The van der Waals surface area contributed by atoms with Crippen molar-refractivity contribution in [2.45, 2.75) is 32.7 Å². The first-order valence-corrected chi connectivity index (χ1v) is 6.66. The Morgan fingerprint density at radius 3 is 2.89 bits per heavy atom. The minimum absolute atomic E-state index is 0.232. The molecule has 3 atom stereocenters. The Bertz CT molecular complexity index is 567. The lowest BCUT2D eigenvalue weighted by Crippen LogP contribution is -2.24. The summed E-state index contributed by atoms with van der Waals surface area (Å²) in [6.45, 7) is 4.58. The summed E-state index contributed by atoms with van der Waals surface area (Å²) in [5.74, 6) is 2.14. The molecule has 3 unspecified atom stereocenters. The SMILES string of the molecule is CC1CCC(Nc2nc(Cl)nc3nc[nH]c23)C1C. The number of anilines is 1. The van der Waals surface area contributed by atoms with Gasteiger partial charge in [0.25, 0.3) is 0 Å². The molecule has 1 aliphatic rings. The van der Waals surface area contributed by atoms with Gasteiger partial charge in [0, 0.05) is 6.04 Å². The van der Waals surface area contributed by atoms with E-state index in [4.69, 9.17) is 11.6 Å². The zero-order chi connectivity index (χ0) is 12.7. The summed E-state index contributed by atoms with van der Waals surface area (Å²) < 4.78 is 0. The van der Waals surface area contributed by atoms with Crippen molar-refractivity contribution in [1.82, 2.24) is 19.9 Å². The first kappa shape index (κ1) is 11.7. The van der Waals surface area contributed by atoms with Crippen LogP contribution in [0, 0.1) is 11.8 Å². The average Bonchev–Trinajstić information content (AvgIpc) is 2.90. The predicted molar refractivity (Wildman–Crippen MR) is 71.7 cm³/mol. The summed E-state index contributed by atoms with van der Waals surface area (Å²) in [7, 11) is 0. The maximum Gasteiger partial charge on any atom is 0.226 e. The highest BCUT2D eigenvalue weighted by Crippen LogP contribution is 2.33. The number of hydrogen-bond donors (Lipinski definition) is 2. The van der Waals surface area contributed by atoms with E-state index in [1.54, 1.807) is 6.33 Å². The van der Waals surface area contributed by atoms with Gasteiger partial charge in [0.05, 0.1) is 6.33 Å². The van der Waals surface area contributed by atoms with Crippen molar-refractivity contribution in [3.63, 3.8) is 0 Å². The van der Waals surface area contributed by atoms with Gasteiger partial charge < -0.3 is 10.3 Å². The maximum absolute atomic E-state index is 5.92. The molecule has 18 heavy (non-hydrogen) atoms. The summed E-state index contributed by atoms with van der Waals surface area (Å²) in [4.78, 5) is 15.5. The molecule has 0 bridgehead atoms. The van der Waals surface area contributed by atoms with Crippen LogP contribution in [0.25, 0.3) is 11.2 Å². The minimum Gasteiger partial charge on any atom is -0.365 e. The third-order valence-corrected chi connectivity index (χ3v) is 4.21. The molecule has 6 heteroatoms. The molecule has 2 aromatic heterocycles. The van der Waals surface area contributed by atoms with Crippen molar-refractivity contribution < 1.29 is 0 Å². The molecule has 5 nitrogen and oxygen atoms in total. The zero-order valence-corrected chi connectivity index (χ0v) is 11.2. The summed E-state index contributed by atoms with van der Waals surface area (Å²) in [5, 5.41) is 3.72. The number of rotatable bonds is 2. The maximum atomic E-state index is 5.92. The monoisotopic (exact) mass is 265 g/mol. The highest BCUT2D eigenvalue weighted by molar-refractivity contribution is 6.28. The molecule has 1 fully saturated rings. The lowest BCUT2D eigenvalue weighted by molar-refractivity contribution is 0.435. The summed E-state index contributed by atoms with van der Waals surface area (Å²) in [5.41, 5.74) is 1.43. The lowest BCUT2D eigenvalue weighted by Gasteiger charge is -2.20. The highest BCUT2D eigenvalue weighted by Gasteiger charge is 2.30. The van der Waals surface area contributed by atoms with E-state index in [9.17, 15) is 0 Å². The molecule has 0 aromatic carbocycles. The van der Waals surface area contributed by atoms with Gasteiger partial charge in [-0.2, -0.15) is 9.97 Å². The lowest BCUT2D eigenvalue weighted by atomic mass is 9.98. The van der Waals surface area contributed by atoms with Crippen LogP contribution in [0.15, 0.2) is 6.33 Å². The molecular formula is C12H16ClN5. The van der Waals surface area contributed by atoms with E-state index in [-0.39, 0.29) is 5.28 Å². The van der Waals surface area contributed by atoms with Crippen molar-refractivity contribution in [2.75, 3.05) is 5.32 Å². The second kappa shape index (κ2) is 4.39. The van der Waals surface area contributed by atoms with E-state index in [2.05, 4.69) is 39.1 Å². The standard InChI is InChI=1S/C12H16ClN5/c1-6-3-4-8(7(6)2)16-11-9-10(15-5-14-9)17-12(13)18-11/h5-8H,3-4H2,1-2H3,(H2,14,15,16,17,18). The van der Waals surface area contributed by atoms with Gasteiger partial charge in [-0.15, -0.1) is 0 Å². The second-order valence-electron chi connectivity index (χ2n) is 5.11. The van der Waals surface area contributed by atoms with Crippen molar-refractivity contribution >= 4 is 28.6 Å². The van der Waals surface area contributed by atoms with Crippen molar-refractivity contribution in [1.29, 1.82) is 0 Å². The molecule has 2 heterocycles. The number of fused-ring (bicyclic) bond motifs is 1. The molecule has 0 saturated heterocycles. The van der Waals surface area contributed by atoms with E-state index < -0.39 is 0 Å². The van der Waals surface area contributed by atoms with Gasteiger partial charge in [0.1, 0.15) is 5.52 Å². The Kier molecular flexibility index (Phi) is 2.86. The van der Waals surface area contributed by atoms with Crippen LogP contribution in [-0.4, -0.2) is 26.0 Å². The summed E-state index contributed by atoms with van der Waals surface area (Å²) in [6.07, 6.45) is 4.03. The fourth-order valence-corrected chi connectivity index (χ4v) is 2.82. The molecule has 0 radical (unpaired) electrons. The van der Waals surface area contributed by atoms with E-state index >= 15 is 0 Å². The minimum atomic E-state index is 0.232. The quantitative estimate of drug-likeness (QED) is 0.820. The van der Waals surface area contributed by atoms with Crippen molar-refractivity contribution in [3.8, 4) is 0 Å². The van der Waals surface area contributed by atoms with E-state index in [1.807, 2.05) is 0 Å². The molecule has 3 rings (SSSR count). The molecule has 1 aliphatic carbocycles. The van der Waals surface area contributed by atoms with Gasteiger partial charge >= 0.3 is 0 Å². The van der Waals surface area contributed by atoms with Gasteiger partial charge in [-0.25, -0.2) is 4.98 Å². The third-order valence-electron chi connectivity index (χ3n) is 4.05. The Balaban J connectivity index is 1.92. The largest absolute Gasteiger partial charge is 0.365 e. The number of nitrogens with zero attached hydrogens (tertiary/aromatic N) is 3. The number of halogens is 1. The Hall–Kier alpha value is -1.36. The number of aromatic amines is 1. The zero-order valence-electron chi connectivity index (χ0n) is 10.4. The van der Waals surface area contributed by atoms with Crippen molar-refractivity contribution in [2.24, 2.45) is 11.8 Å². The van der Waals surface area contributed by atoms with E-state index in [0.29, 0.717) is 17.6 Å². The number of aromatic nitrogens is 4. The molecule has 96 valence electrons. The number of hydrogen-bond acceptors (Lipinski definition) is 4. The predicted octanol–water partition coefficient (Wildman–Crippen LogP) is 2.85. The fraction of sp³-hybridized carbons (Fsp3) is 0.583. The van der Waals surface area contributed by atoms with Crippen LogP contribution >= 0.6 is 11.6 Å². The van der Waals surface area contributed by atoms with Crippen molar-refractivity contribution in [3.05, 3.63) is 11.6 Å². The molecule has 2 aromatic rings. The van der Waals surface area contributed by atoms with Gasteiger partial charge in [-0.05, 0) is 36.3 Å². The van der Waals surface area contributed by atoms with Crippen LogP contribution in [0.3, 0.4) is 0 Å². The third kappa shape index (κ3) is 1.92. The summed E-state index contributed by atoms with van der Waals surface area (Å²) >= 11 is 5.92. The Morgan fingerprint density at radius 1 is 1.33 bits per heavy atom. The molecule has 0 aliphatic heterocycles. The van der Waals surface area contributed by atoms with Gasteiger partial charge in [0.2, 0.25) is 5.28 Å². The van der Waals surface area contributed by atoms with E-state index in [0.717, 1.165) is 17.3 Å². The van der Waals surface area contributed by atoms with Crippen LogP contribution in [0.2, 0.25) is 5.28 Å². The first-order valence-electron chi connectivity index (χ1n) is 6.28.